The number of rotatable bonds is 4. The first-order valence-corrected chi connectivity index (χ1v) is 8.06. The maximum absolute atomic E-state index is 12.2. The van der Waals surface area contributed by atoms with Gasteiger partial charge >= 0.3 is 0 Å². The van der Waals surface area contributed by atoms with Gasteiger partial charge in [-0.1, -0.05) is 11.8 Å². The van der Waals surface area contributed by atoms with Crippen LogP contribution in [0.2, 0.25) is 0 Å². The second kappa shape index (κ2) is 5.84. The Morgan fingerprint density at radius 2 is 2.17 bits per heavy atom. The highest BCUT2D eigenvalue weighted by atomic mass is 32.2. The number of imidazole rings is 1. The van der Waals surface area contributed by atoms with E-state index in [1.807, 2.05) is 6.20 Å². The smallest absolute Gasteiger partial charge is 0.253 e. The number of aryl methyl sites for hydroxylation is 1. The zero-order valence-electron chi connectivity index (χ0n) is 12.1. The third kappa shape index (κ3) is 2.82. The van der Waals surface area contributed by atoms with E-state index in [1.54, 1.807) is 41.1 Å². The number of carbonyl (C=O) groups is 1. The van der Waals surface area contributed by atoms with E-state index in [0.29, 0.717) is 17.9 Å². The second-order valence-electron chi connectivity index (χ2n) is 5.01. The molecule has 0 radical (unpaired) electrons. The highest BCUT2D eigenvalue weighted by molar-refractivity contribution is 7.99. The molecule has 1 aliphatic heterocycles. The van der Waals surface area contributed by atoms with Crippen molar-refractivity contribution in [2.75, 3.05) is 5.75 Å². The van der Waals surface area contributed by atoms with Gasteiger partial charge in [0.15, 0.2) is 5.16 Å². The molecular formula is C14H13N7OS. The summed E-state index contributed by atoms with van der Waals surface area (Å²) in [6.07, 6.45) is 6.63. The van der Waals surface area contributed by atoms with Gasteiger partial charge in [0, 0.05) is 24.7 Å². The monoisotopic (exact) mass is 327 g/mol. The number of nitrogens with zero attached hydrogens (tertiary/aromatic N) is 6. The summed E-state index contributed by atoms with van der Waals surface area (Å²) in [5, 5.41) is 11.3. The molecule has 8 nitrogen and oxygen atoms in total. The third-order valence-electron chi connectivity index (χ3n) is 3.48. The summed E-state index contributed by atoms with van der Waals surface area (Å²) in [6, 6.07) is 3.47. The van der Waals surface area contributed by atoms with E-state index in [4.69, 9.17) is 0 Å². The minimum atomic E-state index is -0.173. The molecule has 9 heteroatoms. The molecule has 0 spiro atoms. The number of carbonyl (C=O) groups excluding carboxylic acids is 1. The Morgan fingerprint density at radius 1 is 1.30 bits per heavy atom. The van der Waals surface area contributed by atoms with Crippen molar-refractivity contribution in [2.45, 2.75) is 18.2 Å². The summed E-state index contributed by atoms with van der Waals surface area (Å²) < 4.78 is 3.79. The van der Waals surface area contributed by atoms with Crippen LogP contribution < -0.4 is 5.32 Å². The van der Waals surface area contributed by atoms with Crippen LogP contribution >= 0.6 is 11.8 Å². The molecular weight excluding hydrogens is 314 g/mol. The molecule has 1 N–H and O–H groups in total. The lowest BCUT2D eigenvalue weighted by Crippen LogP contribution is -2.23. The highest BCUT2D eigenvalue weighted by Gasteiger charge is 2.15. The van der Waals surface area contributed by atoms with Gasteiger partial charge in [-0.2, -0.15) is 0 Å². The van der Waals surface area contributed by atoms with Crippen LogP contribution in [0.4, 0.5) is 0 Å². The van der Waals surface area contributed by atoms with E-state index in [9.17, 15) is 4.79 Å². The van der Waals surface area contributed by atoms with Gasteiger partial charge in [0.25, 0.3) is 5.91 Å². The number of fused-ring (bicyclic) bond motifs is 1. The van der Waals surface area contributed by atoms with Crippen LogP contribution in [0.3, 0.4) is 0 Å². The first kappa shape index (κ1) is 13.9. The lowest BCUT2D eigenvalue weighted by Gasteiger charge is -2.04. The van der Waals surface area contributed by atoms with Crippen molar-refractivity contribution < 1.29 is 4.79 Å². The van der Waals surface area contributed by atoms with Crippen molar-refractivity contribution in [3.8, 4) is 5.82 Å². The summed E-state index contributed by atoms with van der Waals surface area (Å²) in [4.78, 5) is 20.9. The van der Waals surface area contributed by atoms with E-state index in [1.165, 1.54) is 6.20 Å². The Kier molecular flexibility index (Phi) is 3.54. The number of amides is 1. The molecule has 0 unspecified atom stereocenters. The fourth-order valence-corrected chi connectivity index (χ4v) is 3.27. The zero-order chi connectivity index (χ0) is 15.6. The van der Waals surface area contributed by atoms with Gasteiger partial charge < -0.3 is 9.88 Å². The zero-order valence-corrected chi connectivity index (χ0v) is 12.9. The van der Waals surface area contributed by atoms with Crippen LogP contribution in [-0.4, -0.2) is 41.0 Å². The highest BCUT2D eigenvalue weighted by Crippen LogP contribution is 2.24. The minimum absolute atomic E-state index is 0.173. The Bertz CT molecular complexity index is 804. The largest absolute Gasteiger partial charge is 0.346 e. The fraction of sp³-hybridized carbons (Fsp3) is 0.214. The molecule has 4 rings (SSSR count). The average Bonchev–Trinajstić information content (AvgIpc) is 3.29. The Balaban J connectivity index is 1.40. The normalized spacial score (nSPS) is 13.0. The van der Waals surface area contributed by atoms with Gasteiger partial charge in [0.05, 0.1) is 17.8 Å². The van der Waals surface area contributed by atoms with Gasteiger partial charge in [-0.15, -0.1) is 10.2 Å². The van der Waals surface area contributed by atoms with E-state index in [-0.39, 0.29) is 5.91 Å². The van der Waals surface area contributed by atoms with Crippen molar-refractivity contribution in [1.29, 1.82) is 0 Å². The van der Waals surface area contributed by atoms with E-state index < -0.39 is 0 Å². The Morgan fingerprint density at radius 3 is 2.91 bits per heavy atom. The van der Waals surface area contributed by atoms with E-state index >= 15 is 0 Å². The molecule has 1 amide bonds. The molecule has 3 aromatic rings. The SMILES string of the molecule is O=C(NCc1cn2c(n1)SCC2)c1ccc(-n2cnnc2)nc1. The fourth-order valence-electron chi connectivity index (χ4n) is 2.31. The lowest BCUT2D eigenvalue weighted by atomic mass is 10.2. The summed E-state index contributed by atoms with van der Waals surface area (Å²) in [5.41, 5.74) is 1.37. The number of hydrogen-bond donors (Lipinski definition) is 1. The minimum Gasteiger partial charge on any atom is -0.346 e. The topological polar surface area (TPSA) is 90.5 Å². The van der Waals surface area contributed by atoms with Gasteiger partial charge in [0.1, 0.15) is 18.5 Å². The molecule has 0 atom stereocenters. The Hall–Kier alpha value is -2.68. The van der Waals surface area contributed by atoms with Crippen molar-refractivity contribution in [1.82, 2.24) is 34.6 Å². The average molecular weight is 327 g/mol. The van der Waals surface area contributed by atoms with Crippen LogP contribution in [0.5, 0.6) is 0 Å². The molecule has 0 fully saturated rings. The second-order valence-corrected chi connectivity index (χ2v) is 6.08. The van der Waals surface area contributed by atoms with Crippen LogP contribution in [0.25, 0.3) is 5.82 Å². The van der Waals surface area contributed by atoms with Gasteiger partial charge in [-0.25, -0.2) is 9.97 Å². The van der Waals surface area contributed by atoms with Crippen LogP contribution in [0.15, 0.2) is 42.3 Å². The van der Waals surface area contributed by atoms with Crippen molar-refractivity contribution in [2.24, 2.45) is 0 Å². The van der Waals surface area contributed by atoms with Gasteiger partial charge in [-0.3, -0.25) is 9.36 Å². The number of hydrogen-bond acceptors (Lipinski definition) is 6. The molecule has 1 aliphatic rings. The predicted octanol–water partition coefficient (Wildman–Crippen LogP) is 0.895. The molecule has 0 aromatic carbocycles. The first-order chi connectivity index (χ1) is 11.3. The van der Waals surface area contributed by atoms with Crippen LogP contribution in [0.1, 0.15) is 16.1 Å². The predicted molar refractivity (Wildman–Crippen MR) is 83.3 cm³/mol. The number of pyridine rings is 1. The molecule has 0 bridgehead atoms. The summed E-state index contributed by atoms with van der Waals surface area (Å²) in [5.74, 6) is 1.56. The van der Waals surface area contributed by atoms with E-state index in [2.05, 4.69) is 30.0 Å². The molecule has 0 saturated carbocycles. The maximum atomic E-state index is 12.2. The number of nitrogens with one attached hydrogen (secondary N) is 1. The molecule has 3 aromatic heterocycles. The molecule has 0 aliphatic carbocycles. The van der Waals surface area contributed by atoms with Crippen molar-refractivity contribution in [3.63, 3.8) is 0 Å². The van der Waals surface area contributed by atoms with Crippen LogP contribution in [-0.2, 0) is 13.1 Å². The summed E-state index contributed by atoms with van der Waals surface area (Å²) >= 11 is 1.74. The van der Waals surface area contributed by atoms with Crippen molar-refractivity contribution >= 4 is 17.7 Å². The van der Waals surface area contributed by atoms with E-state index in [0.717, 1.165) is 23.1 Å². The standard InChI is InChI=1S/C14H13N7OS/c22-13(16-6-11-7-20-3-4-23-14(20)19-11)10-1-2-12(15-5-10)21-8-17-18-9-21/h1-2,5,7-9H,3-4,6H2,(H,16,22). The quantitative estimate of drug-likeness (QED) is 0.765. The van der Waals surface area contributed by atoms with Crippen molar-refractivity contribution in [3.05, 3.63) is 48.4 Å². The van der Waals surface area contributed by atoms with Gasteiger partial charge in [-0.05, 0) is 12.1 Å². The first-order valence-electron chi connectivity index (χ1n) is 7.08. The molecule has 0 saturated heterocycles. The lowest BCUT2D eigenvalue weighted by molar-refractivity contribution is 0.0950. The molecule has 23 heavy (non-hydrogen) atoms. The molecule has 116 valence electrons. The maximum Gasteiger partial charge on any atom is 0.253 e. The Labute approximate surface area is 136 Å². The number of aromatic nitrogens is 6. The summed E-state index contributed by atoms with van der Waals surface area (Å²) in [7, 11) is 0. The number of thioether (sulfide) groups is 1. The van der Waals surface area contributed by atoms with Crippen LogP contribution in [0, 0.1) is 0 Å². The van der Waals surface area contributed by atoms with Gasteiger partial charge in [0.2, 0.25) is 0 Å². The third-order valence-corrected chi connectivity index (χ3v) is 4.45. The summed E-state index contributed by atoms with van der Waals surface area (Å²) in [6.45, 7) is 1.39. The molecule has 4 heterocycles.